The summed E-state index contributed by atoms with van der Waals surface area (Å²) in [4.78, 5) is 24.7. The van der Waals surface area contributed by atoms with Gasteiger partial charge in [0.1, 0.15) is 16.9 Å². The number of carbonyl (C=O) groups excluding carboxylic acids is 1. The number of aromatic hydroxyl groups is 1. The average Bonchev–Trinajstić information content (AvgIpc) is 2.99. The van der Waals surface area contributed by atoms with Crippen LogP contribution >= 0.6 is 0 Å². The quantitative estimate of drug-likeness (QED) is 0.334. The zero-order chi connectivity index (χ0) is 16.0. The van der Waals surface area contributed by atoms with E-state index >= 15 is 0 Å². The number of furan rings is 1. The number of hydrogen-bond acceptors (Lipinski definition) is 5. The monoisotopic (exact) mass is 495 g/mol. The molecule has 0 atom stereocenters. The summed E-state index contributed by atoms with van der Waals surface area (Å²) in [5.74, 6) is -1.13. The standard InChI is InChI=1S/C18H10O5.Eu.2H2O/c19-16-11-6-2-4-8-13(11)23-18(21)15(16)17(20)14-9-10-5-1-3-7-12(10)22-14;;;/h1-9,19H;;2*1H2. The summed E-state index contributed by atoms with van der Waals surface area (Å²) in [7, 11) is 0. The first-order chi connectivity index (χ1) is 11.1. The molecule has 2 aromatic heterocycles. The van der Waals surface area contributed by atoms with Crippen LogP contribution in [0, 0.1) is 49.4 Å². The second kappa shape index (κ2) is 8.70. The van der Waals surface area contributed by atoms with Crippen LogP contribution < -0.4 is 5.63 Å². The molecule has 5 N–H and O–H groups in total. The molecule has 4 rings (SSSR count). The number of carbonyl (C=O) groups is 1. The van der Waals surface area contributed by atoms with Crippen molar-refractivity contribution in [1.29, 1.82) is 0 Å². The van der Waals surface area contributed by atoms with Gasteiger partial charge in [0.2, 0.25) is 5.78 Å². The molecule has 0 aliphatic rings. The van der Waals surface area contributed by atoms with Crippen LogP contribution in [0.1, 0.15) is 16.1 Å². The van der Waals surface area contributed by atoms with E-state index in [1.165, 1.54) is 6.07 Å². The molecule has 0 amide bonds. The predicted octanol–water partition coefficient (Wildman–Crippen LogP) is 1.83. The number of fused-ring (bicyclic) bond motifs is 2. The molecule has 135 valence electrons. The van der Waals surface area contributed by atoms with Crippen molar-refractivity contribution in [1.82, 2.24) is 0 Å². The van der Waals surface area contributed by atoms with Gasteiger partial charge >= 0.3 is 5.63 Å². The third-order valence-corrected chi connectivity index (χ3v) is 3.66. The first-order valence-corrected chi connectivity index (χ1v) is 6.93. The zero-order valence-electron chi connectivity index (χ0n) is 13.2. The topological polar surface area (TPSA) is 144 Å². The van der Waals surface area contributed by atoms with Crippen LogP contribution in [-0.2, 0) is 0 Å². The molecule has 0 aliphatic carbocycles. The van der Waals surface area contributed by atoms with E-state index in [4.69, 9.17) is 8.83 Å². The van der Waals surface area contributed by atoms with Gasteiger partial charge in [0.05, 0.1) is 5.39 Å². The molecular formula is C18H14EuO7. The van der Waals surface area contributed by atoms with Crippen LogP contribution in [0.4, 0.5) is 0 Å². The third kappa shape index (κ3) is 3.65. The Morgan fingerprint density at radius 3 is 2.19 bits per heavy atom. The summed E-state index contributed by atoms with van der Waals surface area (Å²) >= 11 is 0. The van der Waals surface area contributed by atoms with Crippen molar-refractivity contribution in [3.8, 4) is 5.75 Å². The largest absolute Gasteiger partial charge is 0.506 e. The Balaban J connectivity index is 0.00000113. The Labute approximate surface area is 187 Å². The van der Waals surface area contributed by atoms with Crippen molar-refractivity contribution in [3.05, 3.63) is 76.3 Å². The molecule has 1 radical (unpaired) electrons. The maximum Gasteiger partial charge on any atom is 0.351 e. The van der Waals surface area contributed by atoms with Gasteiger partial charge in [0, 0.05) is 54.8 Å². The summed E-state index contributed by atoms with van der Waals surface area (Å²) in [6.07, 6.45) is 0. The molecule has 0 aliphatic heterocycles. The van der Waals surface area contributed by atoms with Gasteiger partial charge in [-0.2, -0.15) is 0 Å². The smallest absolute Gasteiger partial charge is 0.351 e. The van der Waals surface area contributed by atoms with E-state index in [-0.39, 0.29) is 71.7 Å². The van der Waals surface area contributed by atoms with Crippen molar-refractivity contribution in [2.45, 2.75) is 0 Å². The first kappa shape index (κ1) is 22.2. The Morgan fingerprint density at radius 2 is 1.50 bits per heavy atom. The van der Waals surface area contributed by atoms with Crippen molar-refractivity contribution >= 4 is 27.7 Å². The van der Waals surface area contributed by atoms with Crippen LogP contribution in [-0.4, -0.2) is 21.8 Å². The predicted molar refractivity (Wildman–Crippen MR) is 91.0 cm³/mol. The minimum Gasteiger partial charge on any atom is -0.506 e. The van der Waals surface area contributed by atoms with Gasteiger partial charge in [0.15, 0.2) is 11.3 Å². The van der Waals surface area contributed by atoms with Crippen molar-refractivity contribution < 1.29 is 79.1 Å². The fourth-order valence-corrected chi connectivity index (χ4v) is 2.55. The fourth-order valence-electron chi connectivity index (χ4n) is 2.55. The van der Waals surface area contributed by atoms with E-state index in [0.29, 0.717) is 11.0 Å². The Hall–Kier alpha value is -1.84. The molecule has 0 unspecified atom stereocenters. The summed E-state index contributed by atoms with van der Waals surface area (Å²) in [6.45, 7) is 0. The molecule has 0 spiro atoms. The molecule has 0 saturated heterocycles. The number of hydrogen-bond donors (Lipinski definition) is 1. The minimum absolute atomic E-state index is 0. The number of rotatable bonds is 2. The summed E-state index contributed by atoms with van der Waals surface area (Å²) < 4.78 is 10.6. The van der Waals surface area contributed by atoms with E-state index in [1.54, 1.807) is 42.5 Å². The van der Waals surface area contributed by atoms with Gasteiger partial charge in [0.25, 0.3) is 0 Å². The molecule has 0 saturated carbocycles. The Morgan fingerprint density at radius 1 is 0.885 bits per heavy atom. The average molecular weight is 494 g/mol. The van der Waals surface area contributed by atoms with Crippen LogP contribution in [0.15, 0.2) is 68.2 Å². The van der Waals surface area contributed by atoms with Gasteiger partial charge in [-0.15, -0.1) is 0 Å². The molecule has 2 aromatic carbocycles. The first-order valence-electron chi connectivity index (χ1n) is 6.93. The van der Waals surface area contributed by atoms with Crippen molar-refractivity contribution in [3.63, 3.8) is 0 Å². The minimum atomic E-state index is -0.897. The van der Waals surface area contributed by atoms with Crippen molar-refractivity contribution in [2.75, 3.05) is 0 Å². The van der Waals surface area contributed by atoms with E-state index in [2.05, 4.69) is 0 Å². The van der Waals surface area contributed by atoms with E-state index in [1.807, 2.05) is 6.07 Å². The molecule has 2 heterocycles. The number of ketones is 1. The van der Waals surface area contributed by atoms with E-state index < -0.39 is 22.7 Å². The van der Waals surface area contributed by atoms with Crippen LogP contribution in [0.3, 0.4) is 0 Å². The van der Waals surface area contributed by atoms with Gasteiger partial charge in [-0.25, -0.2) is 4.79 Å². The van der Waals surface area contributed by atoms with Gasteiger partial charge in [-0.05, 0) is 24.3 Å². The molecule has 0 fully saturated rings. The second-order valence-electron chi connectivity index (χ2n) is 5.09. The van der Waals surface area contributed by atoms with Gasteiger partial charge < -0.3 is 24.9 Å². The number of para-hydroxylation sites is 2. The van der Waals surface area contributed by atoms with Gasteiger partial charge in [-0.3, -0.25) is 4.79 Å². The van der Waals surface area contributed by atoms with E-state index in [0.717, 1.165) is 5.39 Å². The normalized spacial score (nSPS) is 9.85. The van der Waals surface area contributed by atoms with Crippen LogP contribution in [0.25, 0.3) is 21.9 Å². The Bertz CT molecular complexity index is 1090. The summed E-state index contributed by atoms with van der Waals surface area (Å²) in [5, 5.41) is 11.3. The maximum atomic E-state index is 12.6. The molecule has 4 aromatic rings. The van der Waals surface area contributed by atoms with Gasteiger partial charge in [-0.1, -0.05) is 30.3 Å². The van der Waals surface area contributed by atoms with E-state index in [9.17, 15) is 14.7 Å². The fraction of sp³-hybridized carbons (Fsp3) is 0. The SMILES string of the molecule is O.O.O=C(c1cc2ccccc2o1)c1c(O)c2ccccc2oc1=O.[Eu]. The molecule has 26 heavy (non-hydrogen) atoms. The zero-order valence-corrected chi connectivity index (χ0v) is 15.6. The molecular weight excluding hydrogens is 480 g/mol. The second-order valence-corrected chi connectivity index (χ2v) is 5.09. The molecule has 8 heteroatoms. The van der Waals surface area contributed by atoms with Crippen LogP contribution in [0.2, 0.25) is 0 Å². The summed E-state index contributed by atoms with van der Waals surface area (Å²) in [6, 6.07) is 15.1. The number of benzene rings is 2. The van der Waals surface area contributed by atoms with Crippen LogP contribution in [0.5, 0.6) is 5.75 Å². The third-order valence-electron chi connectivity index (χ3n) is 3.66. The molecule has 7 nitrogen and oxygen atoms in total. The summed E-state index contributed by atoms with van der Waals surface area (Å²) in [5.41, 5.74) is -0.578. The maximum absolute atomic E-state index is 12.6. The van der Waals surface area contributed by atoms with Crippen molar-refractivity contribution in [2.24, 2.45) is 0 Å². The molecule has 0 bridgehead atoms. The Kier molecular flexibility index (Phi) is 7.43.